The van der Waals surface area contributed by atoms with Crippen LogP contribution in [0.2, 0.25) is 5.02 Å². The third-order valence-electron chi connectivity index (χ3n) is 2.94. The zero-order valence-corrected chi connectivity index (χ0v) is 12.5. The highest BCUT2D eigenvalue weighted by atomic mass is 79.9. The molecule has 6 nitrogen and oxygen atoms in total. The van der Waals surface area contributed by atoms with E-state index in [2.05, 4.69) is 30.9 Å². The van der Waals surface area contributed by atoms with Crippen LogP contribution in [-0.4, -0.2) is 19.5 Å². The molecule has 0 aliphatic carbocycles. The van der Waals surface area contributed by atoms with Gasteiger partial charge in [-0.1, -0.05) is 11.6 Å². The maximum atomic E-state index is 11.8. The largest absolute Gasteiger partial charge is 0.332 e. The third kappa shape index (κ3) is 1.99. The van der Waals surface area contributed by atoms with Crippen LogP contribution in [0.4, 0.5) is 0 Å². The van der Waals surface area contributed by atoms with Crippen molar-refractivity contribution in [2.45, 2.75) is 0 Å². The lowest BCUT2D eigenvalue weighted by molar-refractivity contribution is 0.832. The van der Waals surface area contributed by atoms with Gasteiger partial charge in [0.15, 0.2) is 5.65 Å². The number of nitrogens with zero attached hydrogens (tertiary/aromatic N) is 2. The minimum Gasteiger partial charge on any atom is -0.332 e. The quantitative estimate of drug-likeness (QED) is 0.700. The number of halogens is 2. The standard InChI is InChI=1S/C12H8BrClN4O2/c1-18-10-8(11(19)17-12(18)20)15-9(16-10)6-3-2-5(14)4-7(6)13/h2-4H,1H3,(H,15,16)(H,17,19,20). The van der Waals surface area contributed by atoms with Crippen molar-refractivity contribution in [3.63, 3.8) is 0 Å². The number of aromatic nitrogens is 4. The fraction of sp³-hybridized carbons (Fsp3) is 0.0833. The smallest absolute Gasteiger partial charge is 0.329 e. The summed E-state index contributed by atoms with van der Waals surface area (Å²) in [6, 6.07) is 5.22. The maximum Gasteiger partial charge on any atom is 0.329 e. The molecule has 0 amide bonds. The molecule has 0 aliphatic heterocycles. The van der Waals surface area contributed by atoms with Crippen LogP contribution in [0.15, 0.2) is 32.3 Å². The Morgan fingerprint density at radius 3 is 2.75 bits per heavy atom. The minimum atomic E-state index is -0.504. The highest BCUT2D eigenvalue weighted by Gasteiger charge is 2.13. The molecular weight excluding hydrogens is 348 g/mol. The Balaban J connectivity index is 2.34. The van der Waals surface area contributed by atoms with Crippen molar-refractivity contribution in [1.29, 1.82) is 0 Å². The van der Waals surface area contributed by atoms with Gasteiger partial charge in [-0.05, 0) is 34.1 Å². The van der Waals surface area contributed by atoms with Crippen LogP contribution >= 0.6 is 27.5 Å². The number of hydrogen-bond acceptors (Lipinski definition) is 3. The van der Waals surface area contributed by atoms with Crippen LogP contribution in [0.25, 0.3) is 22.6 Å². The van der Waals surface area contributed by atoms with E-state index in [0.29, 0.717) is 16.5 Å². The first-order valence-corrected chi connectivity index (χ1v) is 6.79. The highest BCUT2D eigenvalue weighted by Crippen LogP contribution is 2.29. The number of hydrogen-bond donors (Lipinski definition) is 2. The van der Waals surface area contributed by atoms with Crippen LogP contribution in [0.5, 0.6) is 0 Å². The van der Waals surface area contributed by atoms with Gasteiger partial charge in [0.2, 0.25) is 0 Å². The van der Waals surface area contributed by atoms with E-state index in [4.69, 9.17) is 11.6 Å². The molecule has 2 aromatic heterocycles. The maximum absolute atomic E-state index is 11.8. The van der Waals surface area contributed by atoms with Crippen molar-refractivity contribution < 1.29 is 0 Å². The molecule has 0 spiro atoms. The topological polar surface area (TPSA) is 83.5 Å². The van der Waals surface area contributed by atoms with Gasteiger partial charge in [0.1, 0.15) is 11.3 Å². The summed E-state index contributed by atoms with van der Waals surface area (Å²) in [4.78, 5) is 32.7. The van der Waals surface area contributed by atoms with E-state index >= 15 is 0 Å². The minimum absolute atomic E-state index is 0.254. The second-order valence-corrected chi connectivity index (χ2v) is 5.52. The van der Waals surface area contributed by atoms with Gasteiger partial charge >= 0.3 is 5.69 Å². The molecule has 1 aromatic carbocycles. The van der Waals surface area contributed by atoms with E-state index in [-0.39, 0.29) is 5.52 Å². The van der Waals surface area contributed by atoms with Crippen LogP contribution in [-0.2, 0) is 7.05 Å². The van der Waals surface area contributed by atoms with Crippen molar-refractivity contribution in [2.24, 2.45) is 7.05 Å². The summed E-state index contributed by atoms with van der Waals surface area (Å²) in [5.41, 5.74) is 0.305. The highest BCUT2D eigenvalue weighted by molar-refractivity contribution is 9.10. The average molecular weight is 356 g/mol. The second kappa shape index (κ2) is 4.60. The summed E-state index contributed by atoms with van der Waals surface area (Å²) in [6.07, 6.45) is 0. The first-order chi connectivity index (χ1) is 9.47. The molecule has 0 unspecified atom stereocenters. The van der Waals surface area contributed by atoms with Gasteiger partial charge in [-0.3, -0.25) is 14.3 Å². The lowest BCUT2D eigenvalue weighted by atomic mass is 10.2. The van der Waals surface area contributed by atoms with Crippen molar-refractivity contribution in [3.8, 4) is 11.4 Å². The molecule has 0 radical (unpaired) electrons. The van der Waals surface area contributed by atoms with Gasteiger partial charge in [-0.2, -0.15) is 0 Å². The molecule has 0 fully saturated rings. The summed E-state index contributed by atoms with van der Waals surface area (Å²) in [7, 11) is 1.54. The predicted molar refractivity (Wildman–Crippen MR) is 80.1 cm³/mol. The molecule has 0 saturated heterocycles. The van der Waals surface area contributed by atoms with Crippen LogP contribution in [0.3, 0.4) is 0 Å². The van der Waals surface area contributed by atoms with Gasteiger partial charge in [0, 0.05) is 22.1 Å². The summed E-state index contributed by atoms with van der Waals surface area (Å²) in [6.45, 7) is 0. The van der Waals surface area contributed by atoms with E-state index in [0.717, 1.165) is 10.0 Å². The normalized spacial score (nSPS) is 11.2. The number of rotatable bonds is 1. The molecule has 0 saturated carbocycles. The number of imidazole rings is 1. The molecule has 0 aliphatic rings. The Morgan fingerprint density at radius 2 is 2.05 bits per heavy atom. The molecule has 20 heavy (non-hydrogen) atoms. The van der Waals surface area contributed by atoms with Crippen molar-refractivity contribution >= 4 is 38.7 Å². The van der Waals surface area contributed by atoms with Gasteiger partial charge < -0.3 is 4.98 Å². The zero-order chi connectivity index (χ0) is 14.4. The molecule has 2 heterocycles. The van der Waals surface area contributed by atoms with Gasteiger partial charge in [-0.15, -0.1) is 0 Å². The molecule has 0 bridgehead atoms. The SMILES string of the molecule is Cn1c(=O)[nH]c(=O)c2[nH]c(-c3ccc(Cl)cc3Br)nc21. The molecule has 8 heteroatoms. The summed E-state index contributed by atoms with van der Waals surface area (Å²) in [5.74, 6) is 0.482. The summed E-state index contributed by atoms with van der Waals surface area (Å²) < 4.78 is 2.02. The Hall–Kier alpha value is -1.86. The van der Waals surface area contributed by atoms with E-state index in [9.17, 15) is 9.59 Å². The van der Waals surface area contributed by atoms with E-state index in [1.54, 1.807) is 25.2 Å². The Morgan fingerprint density at radius 1 is 1.30 bits per heavy atom. The number of aromatic amines is 2. The molecular formula is C12H8BrClN4O2. The summed E-state index contributed by atoms with van der Waals surface area (Å²) >= 11 is 9.29. The molecule has 0 atom stereocenters. The monoisotopic (exact) mass is 354 g/mol. The fourth-order valence-corrected chi connectivity index (χ4v) is 2.78. The Bertz CT molecular complexity index is 941. The molecule has 3 aromatic rings. The number of fused-ring (bicyclic) bond motifs is 1. The number of nitrogens with one attached hydrogen (secondary N) is 2. The Labute approximate surface area is 125 Å². The first kappa shape index (κ1) is 13.1. The van der Waals surface area contributed by atoms with Gasteiger partial charge in [0.05, 0.1) is 0 Å². The molecule has 2 N–H and O–H groups in total. The Kier molecular flexibility index (Phi) is 3.02. The van der Waals surface area contributed by atoms with Crippen molar-refractivity contribution in [3.05, 3.63) is 48.5 Å². The van der Waals surface area contributed by atoms with E-state index in [1.165, 1.54) is 4.57 Å². The van der Waals surface area contributed by atoms with Crippen molar-refractivity contribution in [2.75, 3.05) is 0 Å². The average Bonchev–Trinajstić information content (AvgIpc) is 2.81. The first-order valence-electron chi connectivity index (χ1n) is 5.62. The second-order valence-electron chi connectivity index (χ2n) is 4.23. The fourth-order valence-electron chi connectivity index (χ4n) is 1.91. The zero-order valence-electron chi connectivity index (χ0n) is 10.2. The summed E-state index contributed by atoms with van der Waals surface area (Å²) in [5, 5.41) is 0.585. The predicted octanol–water partition coefficient (Wildman–Crippen LogP) is 2.03. The molecule has 3 rings (SSSR count). The van der Waals surface area contributed by atoms with E-state index in [1.807, 2.05) is 0 Å². The van der Waals surface area contributed by atoms with Gasteiger partial charge in [-0.25, -0.2) is 9.78 Å². The van der Waals surface area contributed by atoms with Gasteiger partial charge in [0.25, 0.3) is 5.56 Å². The van der Waals surface area contributed by atoms with Crippen LogP contribution < -0.4 is 11.2 Å². The lowest BCUT2D eigenvalue weighted by Gasteiger charge is -2.00. The van der Waals surface area contributed by atoms with Crippen molar-refractivity contribution in [1.82, 2.24) is 19.5 Å². The number of H-pyrrole nitrogens is 2. The number of benzene rings is 1. The number of aryl methyl sites for hydroxylation is 1. The van der Waals surface area contributed by atoms with Crippen LogP contribution in [0, 0.1) is 0 Å². The third-order valence-corrected chi connectivity index (χ3v) is 3.83. The molecule has 102 valence electrons. The van der Waals surface area contributed by atoms with E-state index < -0.39 is 11.2 Å². The lowest BCUT2D eigenvalue weighted by Crippen LogP contribution is -2.28. The van der Waals surface area contributed by atoms with Crippen LogP contribution in [0.1, 0.15) is 0 Å².